The number of carbonyl (C=O) groups excluding carboxylic acids is 1. The standard InChI is InChI=1S/C17H21NOSi/c1-20(2,3)13-9-5-8-12-16(14-18)17(19)15-10-6-4-7-11-15/h4,6-7,10-11,16H,5,8,12H2,1-3H3. The Morgan fingerprint density at radius 1 is 1.25 bits per heavy atom. The van der Waals surface area contributed by atoms with E-state index in [1.807, 2.05) is 18.2 Å². The van der Waals surface area contributed by atoms with E-state index in [1.54, 1.807) is 12.1 Å². The van der Waals surface area contributed by atoms with Crippen molar-refractivity contribution in [3.63, 3.8) is 0 Å². The van der Waals surface area contributed by atoms with Crippen LogP contribution in [-0.2, 0) is 0 Å². The van der Waals surface area contributed by atoms with Gasteiger partial charge < -0.3 is 0 Å². The van der Waals surface area contributed by atoms with Gasteiger partial charge in [-0.05, 0) is 12.8 Å². The van der Waals surface area contributed by atoms with Gasteiger partial charge in [0, 0.05) is 12.0 Å². The smallest absolute Gasteiger partial charge is 0.179 e. The Morgan fingerprint density at radius 3 is 2.45 bits per heavy atom. The van der Waals surface area contributed by atoms with Crippen LogP contribution in [0.25, 0.3) is 0 Å². The van der Waals surface area contributed by atoms with Crippen LogP contribution in [0.15, 0.2) is 30.3 Å². The van der Waals surface area contributed by atoms with E-state index in [1.165, 1.54) is 0 Å². The molecule has 1 atom stereocenters. The minimum absolute atomic E-state index is 0.0775. The first-order valence-corrected chi connectivity index (χ1v) is 10.4. The highest BCUT2D eigenvalue weighted by Gasteiger charge is 2.18. The van der Waals surface area contributed by atoms with E-state index in [4.69, 9.17) is 5.26 Å². The van der Waals surface area contributed by atoms with E-state index in [9.17, 15) is 4.79 Å². The summed E-state index contributed by atoms with van der Waals surface area (Å²) in [6.07, 6.45) is 2.16. The Hall–Kier alpha value is -1.84. The summed E-state index contributed by atoms with van der Waals surface area (Å²) in [6, 6.07) is 11.1. The van der Waals surface area contributed by atoms with Gasteiger partial charge in [-0.15, -0.1) is 11.5 Å². The number of carbonyl (C=O) groups is 1. The van der Waals surface area contributed by atoms with E-state index >= 15 is 0 Å². The molecule has 1 unspecified atom stereocenters. The van der Waals surface area contributed by atoms with Crippen LogP contribution in [0.1, 0.15) is 29.6 Å². The Bertz CT molecular complexity index is 540. The van der Waals surface area contributed by atoms with Crippen molar-refractivity contribution >= 4 is 13.9 Å². The number of nitrogens with zero attached hydrogens (tertiary/aromatic N) is 1. The van der Waals surface area contributed by atoms with Gasteiger partial charge in [0.05, 0.1) is 6.07 Å². The fourth-order valence-corrected chi connectivity index (χ4v) is 2.44. The van der Waals surface area contributed by atoms with Crippen LogP contribution in [0, 0.1) is 28.7 Å². The van der Waals surface area contributed by atoms with Gasteiger partial charge in [0.1, 0.15) is 14.0 Å². The van der Waals surface area contributed by atoms with Gasteiger partial charge in [-0.2, -0.15) is 5.26 Å². The van der Waals surface area contributed by atoms with Crippen LogP contribution in [0.5, 0.6) is 0 Å². The molecule has 0 aromatic heterocycles. The molecule has 2 nitrogen and oxygen atoms in total. The zero-order valence-corrected chi connectivity index (χ0v) is 13.4. The van der Waals surface area contributed by atoms with Crippen LogP contribution in [-0.4, -0.2) is 13.9 Å². The lowest BCUT2D eigenvalue weighted by atomic mass is 9.94. The maximum atomic E-state index is 12.1. The highest BCUT2D eigenvalue weighted by Crippen LogP contribution is 2.14. The van der Waals surface area contributed by atoms with Gasteiger partial charge in [-0.3, -0.25) is 4.79 Å². The molecule has 0 spiro atoms. The topological polar surface area (TPSA) is 40.9 Å². The number of benzene rings is 1. The summed E-state index contributed by atoms with van der Waals surface area (Å²) in [5.74, 6) is 2.55. The van der Waals surface area contributed by atoms with Crippen molar-refractivity contribution in [3.8, 4) is 17.5 Å². The average molecular weight is 283 g/mol. The fraction of sp³-hybridized carbons (Fsp3) is 0.412. The summed E-state index contributed by atoms with van der Waals surface area (Å²) in [5, 5.41) is 9.14. The second-order valence-electron chi connectivity index (χ2n) is 5.86. The lowest BCUT2D eigenvalue weighted by molar-refractivity contribution is 0.0943. The van der Waals surface area contributed by atoms with Crippen molar-refractivity contribution < 1.29 is 4.79 Å². The van der Waals surface area contributed by atoms with Gasteiger partial charge in [-0.25, -0.2) is 0 Å². The summed E-state index contributed by atoms with van der Waals surface area (Å²) in [4.78, 5) is 12.1. The van der Waals surface area contributed by atoms with Crippen LogP contribution < -0.4 is 0 Å². The number of nitriles is 1. The molecule has 1 aromatic carbocycles. The lowest BCUT2D eigenvalue weighted by Gasteiger charge is -2.07. The third kappa shape index (κ3) is 5.86. The number of Topliss-reactive ketones (excluding diaryl/α,β-unsaturated/α-hetero) is 1. The molecule has 1 rings (SSSR count). The minimum atomic E-state index is -1.31. The van der Waals surface area contributed by atoms with E-state index in [-0.39, 0.29) is 5.78 Å². The largest absolute Gasteiger partial charge is 0.293 e. The molecule has 0 amide bonds. The second-order valence-corrected chi connectivity index (χ2v) is 10.6. The summed E-state index contributed by atoms with van der Waals surface area (Å²) >= 11 is 0. The van der Waals surface area contributed by atoms with E-state index in [0.29, 0.717) is 12.0 Å². The molecule has 1 aromatic rings. The molecule has 0 saturated heterocycles. The first-order chi connectivity index (χ1) is 9.44. The average Bonchev–Trinajstić information content (AvgIpc) is 2.42. The maximum absolute atomic E-state index is 12.1. The Balaban J connectivity index is 2.51. The molecular formula is C17H21NOSi. The molecule has 0 saturated carbocycles. The van der Waals surface area contributed by atoms with Crippen molar-refractivity contribution in [2.45, 2.75) is 38.9 Å². The summed E-state index contributed by atoms with van der Waals surface area (Å²) < 4.78 is 0. The predicted molar refractivity (Wildman–Crippen MR) is 84.8 cm³/mol. The van der Waals surface area contributed by atoms with E-state index in [2.05, 4.69) is 37.2 Å². The molecule has 0 N–H and O–H groups in total. The SMILES string of the molecule is C[Si](C)(C)C#CCCCC(C#N)C(=O)c1ccccc1. The Morgan fingerprint density at radius 2 is 1.90 bits per heavy atom. The molecule has 0 heterocycles. The zero-order valence-electron chi connectivity index (χ0n) is 12.4. The van der Waals surface area contributed by atoms with E-state index in [0.717, 1.165) is 12.8 Å². The fourth-order valence-electron chi connectivity index (χ4n) is 1.78. The third-order valence-corrected chi connectivity index (χ3v) is 3.72. The summed E-state index contributed by atoms with van der Waals surface area (Å²) in [6.45, 7) is 6.62. The van der Waals surface area contributed by atoms with Gasteiger partial charge in [0.2, 0.25) is 0 Å². The minimum Gasteiger partial charge on any atom is -0.293 e. The van der Waals surface area contributed by atoms with Gasteiger partial charge in [0.25, 0.3) is 0 Å². The van der Waals surface area contributed by atoms with Crippen LogP contribution in [0.3, 0.4) is 0 Å². The maximum Gasteiger partial charge on any atom is 0.179 e. The number of rotatable bonds is 5. The molecule has 104 valence electrons. The predicted octanol–water partition coefficient (Wildman–Crippen LogP) is 4.06. The molecule has 20 heavy (non-hydrogen) atoms. The van der Waals surface area contributed by atoms with Crippen molar-refractivity contribution in [3.05, 3.63) is 35.9 Å². The van der Waals surface area contributed by atoms with Gasteiger partial charge in [0.15, 0.2) is 5.78 Å². The van der Waals surface area contributed by atoms with Crippen LogP contribution >= 0.6 is 0 Å². The normalized spacial score (nSPS) is 11.9. The molecule has 0 bridgehead atoms. The second kappa shape index (κ2) is 7.67. The van der Waals surface area contributed by atoms with Crippen molar-refractivity contribution in [1.82, 2.24) is 0 Å². The lowest BCUT2D eigenvalue weighted by Crippen LogP contribution is -2.16. The quantitative estimate of drug-likeness (QED) is 0.354. The summed E-state index contributed by atoms with van der Waals surface area (Å²) in [5.41, 5.74) is 3.91. The van der Waals surface area contributed by atoms with Crippen LogP contribution in [0.4, 0.5) is 0 Å². The Kier molecular flexibility index (Phi) is 6.22. The third-order valence-electron chi connectivity index (χ3n) is 2.79. The van der Waals surface area contributed by atoms with Crippen molar-refractivity contribution in [2.24, 2.45) is 5.92 Å². The Labute approximate surface area is 122 Å². The number of ketones is 1. The number of unbranched alkanes of at least 4 members (excludes halogenated alkanes) is 1. The van der Waals surface area contributed by atoms with Crippen molar-refractivity contribution in [2.75, 3.05) is 0 Å². The highest BCUT2D eigenvalue weighted by atomic mass is 28.3. The van der Waals surface area contributed by atoms with Crippen LogP contribution in [0.2, 0.25) is 19.6 Å². The highest BCUT2D eigenvalue weighted by molar-refractivity contribution is 6.83. The molecule has 0 aliphatic heterocycles. The number of hydrogen-bond donors (Lipinski definition) is 0. The molecule has 0 aliphatic rings. The zero-order chi connectivity index (χ0) is 15.0. The van der Waals surface area contributed by atoms with Crippen molar-refractivity contribution in [1.29, 1.82) is 5.26 Å². The summed E-state index contributed by atoms with van der Waals surface area (Å²) in [7, 11) is -1.31. The molecule has 0 radical (unpaired) electrons. The molecular weight excluding hydrogens is 262 g/mol. The molecule has 3 heteroatoms. The molecule has 0 fully saturated rings. The van der Waals surface area contributed by atoms with E-state index < -0.39 is 14.0 Å². The molecule has 0 aliphatic carbocycles. The van der Waals surface area contributed by atoms with Gasteiger partial charge >= 0.3 is 0 Å². The number of hydrogen-bond acceptors (Lipinski definition) is 2. The first-order valence-electron chi connectivity index (χ1n) is 6.93. The van der Waals surface area contributed by atoms with Gasteiger partial charge in [-0.1, -0.05) is 50.0 Å². The monoisotopic (exact) mass is 283 g/mol. The first kappa shape index (κ1) is 16.2.